The van der Waals surface area contributed by atoms with Gasteiger partial charge < -0.3 is 24.8 Å². The zero-order valence-electron chi connectivity index (χ0n) is 20.3. The molecule has 2 N–H and O–H groups in total. The minimum atomic E-state index is -0.881. The fraction of sp³-hybridized carbons (Fsp3) is 0.259. The summed E-state index contributed by atoms with van der Waals surface area (Å²) in [6, 6.07) is 13.8. The lowest BCUT2D eigenvalue weighted by Crippen LogP contribution is -2.61. The Labute approximate surface area is 222 Å². The number of amides is 3. The number of rotatable bonds is 9. The molecule has 1 aliphatic heterocycles. The second-order valence-electron chi connectivity index (χ2n) is 8.78. The average Bonchev–Trinajstić information content (AvgIpc) is 3.22. The van der Waals surface area contributed by atoms with Gasteiger partial charge in [-0.25, -0.2) is 4.79 Å². The van der Waals surface area contributed by atoms with Crippen molar-refractivity contribution >= 4 is 50.5 Å². The highest BCUT2D eigenvalue weighted by Crippen LogP contribution is 2.26. The van der Waals surface area contributed by atoms with E-state index in [4.69, 9.17) is 4.74 Å². The van der Waals surface area contributed by atoms with Crippen molar-refractivity contribution < 1.29 is 23.9 Å². The number of hydrogen-bond donors (Lipinski definition) is 2. The van der Waals surface area contributed by atoms with Crippen LogP contribution < -0.4 is 10.6 Å². The molecular weight excluding hydrogens is 540 g/mol. The van der Waals surface area contributed by atoms with Gasteiger partial charge in [0.2, 0.25) is 11.8 Å². The van der Waals surface area contributed by atoms with Crippen LogP contribution in [-0.4, -0.2) is 65.4 Å². The molecule has 9 nitrogen and oxygen atoms in total. The number of nitrogens with one attached hydrogen (secondary N) is 2. The maximum Gasteiger partial charge on any atom is 0.328 e. The Kier molecular flexibility index (Phi) is 8.08. The molecule has 0 radical (unpaired) electrons. The molecule has 1 saturated heterocycles. The third-order valence-electron chi connectivity index (χ3n) is 6.21. The van der Waals surface area contributed by atoms with Crippen LogP contribution in [0, 0.1) is 0 Å². The number of fused-ring (bicyclic) bond motifs is 1. The first-order valence-electron chi connectivity index (χ1n) is 11.7. The molecule has 0 aliphatic carbocycles. The zero-order chi connectivity index (χ0) is 26.5. The second kappa shape index (κ2) is 11.4. The molecular formula is C27H27BrN4O5. The van der Waals surface area contributed by atoms with Crippen molar-refractivity contribution in [2.24, 2.45) is 0 Å². The summed E-state index contributed by atoms with van der Waals surface area (Å²) in [7, 11) is 1.28. The van der Waals surface area contributed by atoms with Crippen molar-refractivity contribution in [2.45, 2.75) is 25.0 Å². The van der Waals surface area contributed by atoms with Crippen LogP contribution in [0.1, 0.15) is 15.9 Å². The van der Waals surface area contributed by atoms with Crippen molar-refractivity contribution in [1.82, 2.24) is 20.1 Å². The van der Waals surface area contributed by atoms with Gasteiger partial charge in [0.15, 0.2) is 0 Å². The third kappa shape index (κ3) is 6.08. The molecule has 2 aromatic carbocycles. The number of hydrogen-bond acceptors (Lipinski definition) is 5. The van der Waals surface area contributed by atoms with Gasteiger partial charge in [-0.2, -0.15) is 0 Å². The van der Waals surface area contributed by atoms with Gasteiger partial charge >= 0.3 is 5.97 Å². The molecule has 1 fully saturated rings. The molecule has 3 amide bonds. The quantitative estimate of drug-likeness (QED) is 0.305. The maximum absolute atomic E-state index is 13.4. The monoisotopic (exact) mass is 566 g/mol. The Morgan fingerprint density at radius 2 is 1.89 bits per heavy atom. The Balaban J connectivity index is 1.51. The number of likely N-dealkylation sites (tertiary alicyclic amines) is 1. The van der Waals surface area contributed by atoms with Crippen molar-refractivity contribution in [1.29, 1.82) is 0 Å². The average molecular weight is 567 g/mol. The Morgan fingerprint density at radius 1 is 1.16 bits per heavy atom. The summed E-state index contributed by atoms with van der Waals surface area (Å²) in [5, 5.41) is 6.34. The number of esters is 1. The van der Waals surface area contributed by atoms with Crippen LogP contribution in [0.15, 0.2) is 71.9 Å². The zero-order valence-corrected chi connectivity index (χ0v) is 21.9. The fourth-order valence-electron chi connectivity index (χ4n) is 4.31. The number of nitrogens with zero attached hydrogens (tertiary/aromatic N) is 2. The first-order chi connectivity index (χ1) is 17.8. The van der Waals surface area contributed by atoms with Crippen LogP contribution in [0.3, 0.4) is 0 Å². The smallest absolute Gasteiger partial charge is 0.328 e. The summed E-state index contributed by atoms with van der Waals surface area (Å²) in [4.78, 5) is 51.7. The Bertz CT molecular complexity index is 1350. The number of carbonyl (C=O) groups is 4. The maximum atomic E-state index is 13.4. The molecule has 4 rings (SSSR count). The van der Waals surface area contributed by atoms with Gasteiger partial charge in [-0.1, -0.05) is 52.8 Å². The molecule has 192 valence electrons. The molecule has 2 heterocycles. The predicted octanol–water partition coefficient (Wildman–Crippen LogP) is 2.43. The number of aromatic nitrogens is 1. The molecule has 0 unspecified atom stereocenters. The van der Waals surface area contributed by atoms with Crippen LogP contribution in [0.25, 0.3) is 10.9 Å². The summed E-state index contributed by atoms with van der Waals surface area (Å²) in [6.07, 6.45) is 3.13. The molecule has 37 heavy (non-hydrogen) atoms. The van der Waals surface area contributed by atoms with Gasteiger partial charge in [0.05, 0.1) is 18.7 Å². The van der Waals surface area contributed by atoms with Crippen LogP contribution in [0.5, 0.6) is 0 Å². The standard InChI is InChI=1S/C27H27BrN4O5/c1-3-25(34)32-13-19(14-32)29-24(33)16-31-15-21(20-12-18(28)9-10-23(20)31)26(35)30-22(27(36)37-2)11-17-7-5-4-6-8-17/h3-10,12,15,19,22H,1,11,13-14,16H2,2H3,(H,29,33)(H,30,35)/t22-/m0/s1. The molecule has 1 atom stereocenters. The van der Waals surface area contributed by atoms with Crippen LogP contribution in [0.4, 0.5) is 0 Å². The SMILES string of the molecule is C=CC(=O)N1CC(NC(=O)Cn2cc(C(=O)N[C@@H](Cc3ccccc3)C(=O)OC)c3cc(Br)ccc32)C1. The normalized spacial score (nSPS) is 13.9. The number of benzene rings is 2. The molecule has 1 aromatic heterocycles. The van der Waals surface area contributed by atoms with E-state index in [1.165, 1.54) is 13.2 Å². The van der Waals surface area contributed by atoms with Gasteiger partial charge in [0.25, 0.3) is 5.91 Å². The van der Waals surface area contributed by atoms with Crippen molar-refractivity contribution in [3.63, 3.8) is 0 Å². The van der Waals surface area contributed by atoms with E-state index in [1.54, 1.807) is 21.7 Å². The van der Waals surface area contributed by atoms with E-state index < -0.39 is 17.9 Å². The van der Waals surface area contributed by atoms with Gasteiger partial charge in [0, 0.05) is 41.1 Å². The minimum Gasteiger partial charge on any atom is -0.467 e. The molecule has 3 aromatic rings. The van der Waals surface area contributed by atoms with E-state index in [0.29, 0.717) is 29.6 Å². The summed E-state index contributed by atoms with van der Waals surface area (Å²) >= 11 is 3.44. The largest absolute Gasteiger partial charge is 0.467 e. The number of carbonyl (C=O) groups excluding carboxylic acids is 4. The lowest BCUT2D eigenvalue weighted by Gasteiger charge is -2.38. The summed E-state index contributed by atoms with van der Waals surface area (Å²) < 4.78 is 7.39. The van der Waals surface area contributed by atoms with E-state index in [9.17, 15) is 19.2 Å². The molecule has 0 spiro atoms. The molecule has 1 aliphatic rings. The van der Waals surface area contributed by atoms with Gasteiger partial charge in [-0.3, -0.25) is 14.4 Å². The highest BCUT2D eigenvalue weighted by atomic mass is 79.9. The first kappa shape index (κ1) is 26.2. The summed E-state index contributed by atoms with van der Waals surface area (Å²) in [5.74, 6) is -1.41. The Hall–Kier alpha value is -3.92. The van der Waals surface area contributed by atoms with E-state index in [0.717, 1.165) is 10.0 Å². The van der Waals surface area contributed by atoms with Crippen LogP contribution >= 0.6 is 15.9 Å². The molecule has 0 bridgehead atoms. The molecule has 10 heteroatoms. The summed E-state index contributed by atoms with van der Waals surface area (Å²) in [6.45, 7) is 4.32. The van der Waals surface area contributed by atoms with E-state index in [-0.39, 0.29) is 30.8 Å². The molecule has 0 saturated carbocycles. The van der Waals surface area contributed by atoms with E-state index in [2.05, 4.69) is 33.1 Å². The van der Waals surface area contributed by atoms with E-state index >= 15 is 0 Å². The number of methoxy groups -OCH3 is 1. The summed E-state index contributed by atoms with van der Waals surface area (Å²) in [5.41, 5.74) is 1.90. The van der Waals surface area contributed by atoms with Gasteiger partial charge in [0.1, 0.15) is 12.6 Å². The fourth-order valence-corrected chi connectivity index (χ4v) is 4.67. The third-order valence-corrected chi connectivity index (χ3v) is 6.70. The lowest BCUT2D eigenvalue weighted by atomic mass is 10.1. The van der Waals surface area contributed by atoms with Crippen molar-refractivity contribution in [2.75, 3.05) is 20.2 Å². The predicted molar refractivity (Wildman–Crippen MR) is 142 cm³/mol. The minimum absolute atomic E-state index is 0.0121. The lowest BCUT2D eigenvalue weighted by molar-refractivity contribution is -0.142. The number of halogens is 1. The van der Waals surface area contributed by atoms with Crippen LogP contribution in [0.2, 0.25) is 0 Å². The van der Waals surface area contributed by atoms with Crippen molar-refractivity contribution in [3.05, 3.63) is 83.0 Å². The van der Waals surface area contributed by atoms with Crippen molar-refractivity contribution in [3.8, 4) is 0 Å². The highest BCUT2D eigenvalue weighted by Gasteiger charge is 2.30. The van der Waals surface area contributed by atoms with Gasteiger partial charge in [-0.05, 0) is 29.8 Å². The van der Waals surface area contributed by atoms with Gasteiger partial charge in [-0.15, -0.1) is 0 Å². The van der Waals surface area contributed by atoms with Crippen LogP contribution in [-0.2, 0) is 32.1 Å². The highest BCUT2D eigenvalue weighted by molar-refractivity contribution is 9.10. The Morgan fingerprint density at radius 3 is 2.57 bits per heavy atom. The second-order valence-corrected chi connectivity index (χ2v) is 9.70. The topological polar surface area (TPSA) is 110 Å². The number of ether oxygens (including phenoxy) is 1. The first-order valence-corrected chi connectivity index (χ1v) is 12.5. The van der Waals surface area contributed by atoms with E-state index in [1.807, 2.05) is 42.5 Å².